The molecule has 5 aliphatic rings. The van der Waals surface area contributed by atoms with Gasteiger partial charge in [0.2, 0.25) is 0 Å². The van der Waals surface area contributed by atoms with Crippen LogP contribution in [0.4, 0.5) is 0 Å². The first kappa shape index (κ1) is 48.5. The Morgan fingerprint density at radius 2 is 1.59 bits per heavy atom. The molecule has 1 spiro atoms. The lowest BCUT2D eigenvalue weighted by Crippen LogP contribution is -2.73. The molecule has 1 aliphatic carbocycles. The number of benzene rings is 4. The Kier molecular flexibility index (Phi) is 13.4. The van der Waals surface area contributed by atoms with Crippen molar-refractivity contribution in [2.45, 2.75) is 127 Å². The molecule has 5 aromatic rings. The smallest absolute Gasteiger partial charge is 0.153 e. The molecule has 1 aromatic heterocycles. The van der Waals surface area contributed by atoms with Crippen molar-refractivity contribution in [3.63, 3.8) is 0 Å². The van der Waals surface area contributed by atoms with Gasteiger partial charge in [0.1, 0.15) is 23.4 Å². The Balaban J connectivity index is 1.09. The number of ether oxygens (including phenoxy) is 1. The SMILES string of the molecule is CCC12C(=O)C34C5C[C@H](Cc6ccc(Cl)cc6)N(C)C3[C@@H](CO)NC4[C@H](C)N(Cc3ccc(Cl)cc3Oc3ccc(-c4cnc(C(C)O)n4C)cc3)C1C[C@@H](Cc1ccccc1)C2N(C)[C@@H](C)CN5. The molecule has 2 bridgehead atoms. The van der Waals surface area contributed by atoms with Crippen LogP contribution >= 0.6 is 23.2 Å². The predicted octanol–water partition coefficient (Wildman–Crippen LogP) is 8.34. The Bertz CT molecular complexity index is 2630. The molecule has 11 nitrogen and oxygen atoms in total. The molecule has 0 radical (unpaired) electrons. The number of hydrogen-bond donors (Lipinski definition) is 4. The Morgan fingerprint density at radius 3 is 2.28 bits per heavy atom. The molecule has 5 heterocycles. The van der Waals surface area contributed by atoms with Crippen LogP contribution in [0.5, 0.6) is 11.5 Å². The first-order chi connectivity index (χ1) is 33.2. The lowest BCUT2D eigenvalue weighted by molar-refractivity contribution is -0.154. The van der Waals surface area contributed by atoms with Gasteiger partial charge in [0, 0.05) is 95.7 Å². The van der Waals surface area contributed by atoms with Gasteiger partial charge in [-0.25, -0.2) is 4.98 Å². The topological polar surface area (TPSA) is 118 Å². The number of carbonyl (C=O) groups excluding carboxylic acids is 1. The summed E-state index contributed by atoms with van der Waals surface area (Å²) in [7, 11) is 6.39. The Morgan fingerprint density at radius 1 is 0.884 bits per heavy atom. The fourth-order valence-electron chi connectivity index (χ4n) is 14.5. The number of nitrogens with zero attached hydrogens (tertiary/aromatic N) is 5. The van der Waals surface area contributed by atoms with E-state index < -0.39 is 16.9 Å². The molecule has 8 unspecified atom stereocenters. The number of imidazole rings is 1. The van der Waals surface area contributed by atoms with Crippen molar-refractivity contribution in [1.29, 1.82) is 0 Å². The zero-order valence-electron chi connectivity index (χ0n) is 41.0. The van der Waals surface area contributed by atoms with Gasteiger partial charge in [-0.15, -0.1) is 0 Å². The highest BCUT2D eigenvalue weighted by molar-refractivity contribution is 6.31. The van der Waals surface area contributed by atoms with E-state index >= 15 is 4.79 Å². The molecule has 366 valence electrons. The number of likely N-dealkylation sites (N-methyl/N-ethyl adjacent to an activating group) is 2. The summed E-state index contributed by atoms with van der Waals surface area (Å²) < 4.78 is 8.74. The van der Waals surface area contributed by atoms with Crippen molar-refractivity contribution >= 4 is 29.0 Å². The van der Waals surface area contributed by atoms with Crippen molar-refractivity contribution in [1.82, 2.24) is 34.9 Å². The van der Waals surface area contributed by atoms with Gasteiger partial charge < -0.3 is 30.2 Å². The highest BCUT2D eigenvalue weighted by Gasteiger charge is 2.77. The summed E-state index contributed by atoms with van der Waals surface area (Å²) in [4.78, 5) is 29.5. The molecule has 4 aromatic carbocycles. The minimum absolute atomic E-state index is 0.0416. The molecule has 13 atom stereocenters. The van der Waals surface area contributed by atoms with Crippen LogP contribution in [0.1, 0.15) is 75.6 Å². The summed E-state index contributed by atoms with van der Waals surface area (Å²) in [6.45, 7) is 9.86. The molecule has 1 saturated carbocycles. The number of Topliss-reactive ketones (excluding diaryl/α,β-unsaturated/α-hetero) is 1. The van der Waals surface area contributed by atoms with E-state index in [2.05, 4.69) is 114 Å². The van der Waals surface area contributed by atoms with Gasteiger partial charge in [0.05, 0.1) is 29.3 Å². The van der Waals surface area contributed by atoms with Gasteiger partial charge in [0.25, 0.3) is 0 Å². The maximum Gasteiger partial charge on any atom is 0.153 e. The van der Waals surface area contributed by atoms with Crippen LogP contribution in [0.25, 0.3) is 11.3 Å². The maximum atomic E-state index is 17.3. The van der Waals surface area contributed by atoms with Crippen LogP contribution in [-0.4, -0.2) is 122 Å². The van der Waals surface area contributed by atoms with E-state index in [1.54, 1.807) is 13.1 Å². The number of piperidine rings is 1. The third-order valence-corrected chi connectivity index (χ3v) is 18.1. The summed E-state index contributed by atoms with van der Waals surface area (Å²) in [5, 5.41) is 31.3. The van der Waals surface area contributed by atoms with Crippen LogP contribution in [0, 0.1) is 16.7 Å². The minimum atomic E-state index is -0.864. The van der Waals surface area contributed by atoms with Gasteiger partial charge in [-0.05, 0) is 133 Å². The van der Waals surface area contributed by atoms with Crippen LogP contribution in [0.2, 0.25) is 10.0 Å². The van der Waals surface area contributed by atoms with Crippen molar-refractivity contribution in [3.8, 4) is 22.8 Å². The molecule has 5 fully saturated rings. The van der Waals surface area contributed by atoms with Crippen LogP contribution in [0.15, 0.2) is 103 Å². The first-order valence-corrected chi connectivity index (χ1v) is 25.9. The first-order valence-electron chi connectivity index (χ1n) is 25.1. The second-order valence-electron chi connectivity index (χ2n) is 21.1. The number of ketones is 1. The van der Waals surface area contributed by atoms with E-state index in [4.69, 9.17) is 27.9 Å². The molecule has 4 N–H and O–H groups in total. The van der Waals surface area contributed by atoms with E-state index in [0.717, 1.165) is 49.0 Å². The van der Waals surface area contributed by atoms with Gasteiger partial charge in [0.15, 0.2) is 5.78 Å². The molecule has 4 aliphatic heterocycles. The average Bonchev–Trinajstić information content (AvgIpc) is 4.01. The van der Waals surface area contributed by atoms with E-state index in [9.17, 15) is 10.2 Å². The number of rotatable bonds is 12. The summed E-state index contributed by atoms with van der Waals surface area (Å²) in [6.07, 6.45) is 5.13. The average molecular weight is 975 g/mol. The molecule has 10 rings (SSSR count). The Hall–Kier alpha value is -4.14. The fraction of sp³-hybridized carbons (Fsp3) is 0.500. The summed E-state index contributed by atoms with van der Waals surface area (Å²) >= 11 is 13.2. The number of aliphatic hydroxyl groups excluding tert-OH is 2. The molecule has 4 saturated heterocycles. The number of aromatic nitrogens is 2. The zero-order valence-corrected chi connectivity index (χ0v) is 42.5. The minimum Gasteiger partial charge on any atom is -0.457 e. The number of hydrogen-bond acceptors (Lipinski definition) is 10. The molecular weight excluding hydrogens is 906 g/mol. The maximum absolute atomic E-state index is 17.3. The highest BCUT2D eigenvalue weighted by atomic mass is 35.5. The van der Waals surface area contributed by atoms with Crippen LogP contribution in [-0.2, 0) is 31.2 Å². The second kappa shape index (κ2) is 19.1. The van der Waals surface area contributed by atoms with E-state index in [0.29, 0.717) is 46.1 Å². The van der Waals surface area contributed by atoms with Crippen molar-refractivity contribution in [2.24, 2.45) is 23.8 Å². The summed E-state index contributed by atoms with van der Waals surface area (Å²) in [5.41, 5.74) is 3.72. The lowest BCUT2D eigenvalue weighted by Gasteiger charge is -2.57. The van der Waals surface area contributed by atoms with Crippen LogP contribution in [0.3, 0.4) is 0 Å². The van der Waals surface area contributed by atoms with E-state index in [1.165, 1.54) is 11.1 Å². The van der Waals surface area contributed by atoms with Gasteiger partial charge >= 0.3 is 0 Å². The fourth-order valence-corrected chi connectivity index (χ4v) is 14.8. The third-order valence-electron chi connectivity index (χ3n) is 17.7. The number of aliphatic hydroxyl groups is 2. The van der Waals surface area contributed by atoms with Crippen molar-refractivity contribution < 1.29 is 19.7 Å². The van der Waals surface area contributed by atoms with Crippen LogP contribution < -0.4 is 15.4 Å². The number of halogens is 2. The third kappa shape index (κ3) is 8.08. The monoisotopic (exact) mass is 973 g/mol. The van der Waals surface area contributed by atoms with E-state index in [-0.39, 0.29) is 66.9 Å². The second-order valence-corrected chi connectivity index (χ2v) is 21.9. The molecule has 69 heavy (non-hydrogen) atoms. The number of likely N-dealkylation sites (tertiary alicyclic amines) is 2. The van der Waals surface area contributed by atoms with Crippen molar-refractivity contribution in [3.05, 3.63) is 136 Å². The zero-order chi connectivity index (χ0) is 48.5. The molecule has 0 amide bonds. The quantitative estimate of drug-likeness (QED) is 0.0973. The number of nitrogens with one attached hydrogen (secondary N) is 2. The molecular formula is C56H69Cl2N7O4. The largest absolute Gasteiger partial charge is 0.457 e. The lowest BCUT2D eigenvalue weighted by atomic mass is 9.54. The van der Waals surface area contributed by atoms with Gasteiger partial charge in [-0.2, -0.15) is 0 Å². The van der Waals surface area contributed by atoms with Gasteiger partial charge in [-0.3, -0.25) is 19.5 Å². The normalized spacial score (nSPS) is 33.1. The van der Waals surface area contributed by atoms with Crippen molar-refractivity contribution in [2.75, 3.05) is 27.2 Å². The predicted molar refractivity (Wildman–Crippen MR) is 274 cm³/mol. The Labute approximate surface area is 418 Å². The summed E-state index contributed by atoms with van der Waals surface area (Å²) in [6, 6.07) is 31.9. The molecule has 13 heteroatoms. The summed E-state index contributed by atoms with van der Waals surface area (Å²) in [5.74, 6) is 2.49. The van der Waals surface area contributed by atoms with Gasteiger partial charge in [-0.1, -0.05) is 78.7 Å². The standard InChI is InChI=1S/C56H69Cl2N7O4/c1-8-55-49-26-40(24-36-12-10-9-11-13-36)51(55)62(5)33(2)29-59-48-28-43(25-37-14-19-41(57)20-15-37)63(6)52-45(32-66)61-50(56(48,52)54(55)68)34(3)65(49)31-39-16-21-42(58)27-47(39)69-44-22-17-38(18-23-44)46-30-60-53(35(4)67)64(46)7/h9-23,27,30,33-35,40,43,45,48-52,59,61,66-67H,8,24-26,28-29,31-32H2,1-7H3/t33-,34-,35?,40+,43-,45+,48?,49?,50?,51?,52?,55?,56?/m0/s1. The highest BCUT2D eigenvalue weighted by Crippen LogP contribution is 2.62. The number of carbonyl (C=O) groups is 1. The van der Waals surface area contributed by atoms with E-state index in [1.807, 2.05) is 60.1 Å².